The van der Waals surface area contributed by atoms with Gasteiger partial charge in [-0.3, -0.25) is 4.68 Å². The maximum atomic E-state index is 14.1. The smallest absolute Gasteiger partial charge is 0.194 e. The van der Waals surface area contributed by atoms with Gasteiger partial charge in [0.1, 0.15) is 5.82 Å². The minimum atomic E-state index is -0.411. The fourth-order valence-corrected chi connectivity index (χ4v) is 2.87. The first-order valence-electron chi connectivity index (χ1n) is 9.06. The van der Waals surface area contributed by atoms with Crippen LogP contribution in [0, 0.1) is 17.1 Å². The maximum Gasteiger partial charge on any atom is 0.194 e. The van der Waals surface area contributed by atoms with Gasteiger partial charge in [-0.15, -0.1) is 24.0 Å². The molecule has 8 heteroatoms. The zero-order valence-electron chi connectivity index (χ0n) is 17.0. The second-order valence-corrected chi connectivity index (χ2v) is 6.81. The Hall–Kier alpha value is -2.15. The SMILES string of the molecule is CCNC(=NCc1ccc(C#N)cc1F)N(C)Cc1cn(C)nc1C(C)C.I. The molecule has 1 aromatic carbocycles. The molecule has 0 aliphatic rings. The van der Waals surface area contributed by atoms with E-state index in [1.807, 2.05) is 42.9 Å². The number of hydrogen-bond acceptors (Lipinski definition) is 3. The minimum absolute atomic E-state index is 0. The lowest BCUT2D eigenvalue weighted by molar-refractivity contribution is 0.473. The number of aromatic nitrogens is 2. The molecule has 152 valence electrons. The fourth-order valence-electron chi connectivity index (χ4n) is 2.87. The van der Waals surface area contributed by atoms with E-state index in [1.54, 1.807) is 12.1 Å². The molecule has 0 spiro atoms. The molecule has 2 aromatic rings. The van der Waals surface area contributed by atoms with Gasteiger partial charge >= 0.3 is 0 Å². The molecule has 0 radical (unpaired) electrons. The van der Waals surface area contributed by atoms with E-state index in [1.165, 1.54) is 6.07 Å². The Kier molecular flexibility index (Phi) is 9.38. The summed E-state index contributed by atoms with van der Waals surface area (Å²) in [6.07, 6.45) is 2.02. The van der Waals surface area contributed by atoms with Crippen molar-refractivity contribution in [3.05, 3.63) is 52.6 Å². The van der Waals surface area contributed by atoms with Gasteiger partial charge in [-0.25, -0.2) is 9.38 Å². The van der Waals surface area contributed by atoms with E-state index in [0.717, 1.165) is 11.3 Å². The first-order valence-corrected chi connectivity index (χ1v) is 9.06. The molecule has 0 saturated heterocycles. The highest BCUT2D eigenvalue weighted by Crippen LogP contribution is 2.19. The summed E-state index contributed by atoms with van der Waals surface area (Å²) in [6.45, 7) is 7.81. The highest BCUT2D eigenvalue weighted by Gasteiger charge is 2.15. The van der Waals surface area contributed by atoms with Crippen LogP contribution in [0.1, 0.15) is 49.1 Å². The van der Waals surface area contributed by atoms with Crippen molar-refractivity contribution >= 4 is 29.9 Å². The third kappa shape index (κ3) is 6.19. The molecule has 2 rings (SSSR count). The average Bonchev–Trinajstić information content (AvgIpc) is 2.99. The third-order valence-corrected chi connectivity index (χ3v) is 4.17. The first kappa shape index (κ1) is 23.9. The number of rotatable bonds is 6. The molecular weight excluding hydrogens is 470 g/mol. The van der Waals surface area contributed by atoms with Crippen molar-refractivity contribution in [2.24, 2.45) is 12.0 Å². The lowest BCUT2D eigenvalue weighted by Gasteiger charge is -2.22. The topological polar surface area (TPSA) is 69.2 Å². The van der Waals surface area contributed by atoms with Crippen molar-refractivity contribution in [1.29, 1.82) is 5.26 Å². The van der Waals surface area contributed by atoms with Gasteiger partial charge in [0.15, 0.2) is 5.96 Å². The Bertz CT molecular complexity index is 853. The van der Waals surface area contributed by atoms with Gasteiger partial charge in [0, 0.05) is 44.5 Å². The molecule has 1 heterocycles. The normalized spacial score (nSPS) is 11.1. The van der Waals surface area contributed by atoms with Gasteiger partial charge in [-0.05, 0) is 25.0 Å². The standard InChI is InChI=1S/C20H27FN6.HI/c1-6-23-20(24-11-16-8-7-15(10-22)9-18(16)21)26(4)12-17-13-27(5)25-19(17)14(2)3;/h7-9,13-14H,6,11-12H2,1-5H3,(H,23,24);1H. The number of guanidine groups is 1. The molecular formula is C20H28FIN6. The van der Waals surface area contributed by atoms with Crippen LogP contribution in [0.15, 0.2) is 29.4 Å². The van der Waals surface area contributed by atoms with Crippen molar-refractivity contribution in [2.45, 2.75) is 39.8 Å². The lowest BCUT2D eigenvalue weighted by atomic mass is 10.1. The maximum absolute atomic E-state index is 14.1. The zero-order valence-corrected chi connectivity index (χ0v) is 19.4. The number of nitriles is 1. The quantitative estimate of drug-likeness (QED) is 0.374. The van der Waals surface area contributed by atoms with Crippen LogP contribution in [0.25, 0.3) is 0 Å². The molecule has 0 amide bonds. The van der Waals surface area contributed by atoms with Gasteiger partial charge in [0.2, 0.25) is 0 Å². The number of hydrogen-bond donors (Lipinski definition) is 1. The Morgan fingerprint density at radius 3 is 2.68 bits per heavy atom. The van der Waals surface area contributed by atoms with Gasteiger partial charge < -0.3 is 10.2 Å². The molecule has 0 fully saturated rings. The van der Waals surface area contributed by atoms with E-state index in [-0.39, 0.29) is 30.5 Å². The minimum Gasteiger partial charge on any atom is -0.357 e. The van der Waals surface area contributed by atoms with Crippen LogP contribution >= 0.6 is 24.0 Å². The molecule has 0 atom stereocenters. The van der Waals surface area contributed by atoms with Crippen LogP contribution < -0.4 is 5.32 Å². The number of nitrogens with one attached hydrogen (secondary N) is 1. The van der Waals surface area contributed by atoms with Crippen molar-refractivity contribution in [2.75, 3.05) is 13.6 Å². The molecule has 1 aromatic heterocycles. The summed E-state index contributed by atoms with van der Waals surface area (Å²) < 4.78 is 15.9. The zero-order chi connectivity index (χ0) is 20.0. The number of nitrogens with zero attached hydrogens (tertiary/aromatic N) is 5. The second-order valence-electron chi connectivity index (χ2n) is 6.81. The summed E-state index contributed by atoms with van der Waals surface area (Å²) in [5.74, 6) is 0.618. The molecule has 0 aliphatic carbocycles. The van der Waals surface area contributed by atoms with Gasteiger partial charge in [-0.2, -0.15) is 10.4 Å². The van der Waals surface area contributed by atoms with Crippen LogP contribution in [-0.4, -0.2) is 34.2 Å². The number of halogens is 2. The van der Waals surface area contributed by atoms with Gasteiger partial charge in [-0.1, -0.05) is 19.9 Å². The fraction of sp³-hybridized carbons (Fsp3) is 0.450. The summed E-state index contributed by atoms with van der Waals surface area (Å²) in [6, 6.07) is 6.40. The summed E-state index contributed by atoms with van der Waals surface area (Å²) in [5, 5.41) is 16.6. The third-order valence-electron chi connectivity index (χ3n) is 4.17. The largest absolute Gasteiger partial charge is 0.357 e. The molecule has 1 N–H and O–H groups in total. The van der Waals surface area contributed by atoms with Crippen molar-refractivity contribution < 1.29 is 4.39 Å². The Balaban J connectivity index is 0.00000392. The summed E-state index contributed by atoms with van der Waals surface area (Å²) >= 11 is 0. The Morgan fingerprint density at radius 1 is 1.39 bits per heavy atom. The van der Waals surface area contributed by atoms with Gasteiger partial charge in [0.05, 0.1) is 23.9 Å². The van der Waals surface area contributed by atoms with E-state index in [2.05, 4.69) is 29.3 Å². The van der Waals surface area contributed by atoms with E-state index in [0.29, 0.717) is 36.1 Å². The number of benzene rings is 1. The monoisotopic (exact) mass is 498 g/mol. The predicted octanol–water partition coefficient (Wildman–Crippen LogP) is 3.77. The van der Waals surface area contributed by atoms with E-state index < -0.39 is 5.82 Å². The lowest BCUT2D eigenvalue weighted by Crippen LogP contribution is -2.38. The van der Waals surface area contributed by atoms with Crippen LogP contribution in [0.3, 0.4) is 0 Å². The predicted molar refractivity (Wildman–Crippen MR) is 120 cm³/mol. The summed E-state index contributed by atoms with van der Waals surface area (Å²) in [4.78, 5) is 6.57. The molecule has 0 aliphatic heterocycles. The number of aryl methyl sites for hydroxylation is 1. The van der Waals surface area contributed by atoms with Crippen LogP contribution in [-0.2, 0) is 20.1 Å². The van der Waals surface area contributed by atoms with E-state index in [4.69, 9.17) is 5.26 Å². The highest BCUT2D eigenvalue weighted by molar-refractivity contribution is 14.0. The van der Waals surface area contributed by atoms with Crippen LogP contribution in [0.4, 0.5) is 4.39 Å². The van der Waals surface area contributed by atoms with Crippen molar-refractivity contribution in [3.8, 4) is 6.07 Å². The highest BCUT2D eigenvalue weighted by atomic mass is 127. The van der Waals surface area contributed by atoms with Crippen LogP contribution in [0.5, 0.6) is 0 Å². The summed E-state index contributed by atoms with van der Waals surface area (Å²) in [5.41, 5.74) is 2.98. The Morgan fingerprint density at radius 2 is 2.11 bits per heavy atom. The van der Waals surface area contributed by atoms with Gasteiger partial charge in [0.25, 0.3) is 0 Å². The molecule has 28 heavy (non-hydrogen) atoms. The van der Waals surface area contributed by atoms with Crippen molar-refractivity contribution in [3.63, 3.8) is 0 Å². The summed E-state index contributed by atoms with van der Waals surface area (Å²) in [7, 11) is 3.87. The average molecular weight is 498 g/mol. The molecule has 6 nitrogen and oxygen atoms in total. The first-order chi connectivity index (χ1) is 12.8. The molecule has 0 saturated carbocycles. The van der Waals surface area contributed by atoms with E-state index in [9.17, 15) is 4.39 Å². The Labute approximate surface area is 183 Å². The van der Waals surface area contributed by atoms with Crippen LogP contribution in [0.2, 0.25) is 0 Å². The van der Waals surface area contributed by atoms with E-state index >= 15 is 0 Å². The molecule has 0 unspecified atom stereocenters. The van der Waals surface area contributed by atoms with Crippen molar-refractivity contribution in [1.82, 2.24) is 20.0 Å². The second kappa shape index (κ2) is 11.0. The molecule has 0 bridgehead atoms. The number of aliphatic imine (C=N–C) groups is 1.